The summed E-state index contributed by atoms with van der Waals surface area (Å²) in [5, 5.41) is 0. The van der Waals surface area contributed by atoms with Crippen LogP contribution in [0, 0.1) is 11.6 Å². The number of methoxy groups -OCH3 is 1. The molecule has 0 heterocycles. The highest BCUT2D eigenvalue weighted by Crippen LogP contribution is 2.27. The second-order valence-electron chi connectivity index (χ2n) is 4.38. The Morgan fingerprint density at radius 1 is 1.15 bits per heavy atom. The first-order chi connectivity index (χ1) is 9.67. The molecule has 2 aromatic rings. The summed E-state index contributed by atoms with van der Waals surface area (Å²) in [6, 6.07) is 10.6. The van der Waals surface area contributed by atoms with E-state index in [9.17, 15) is 8.78 Å². The maximum atomic E-state index is 14.2. The molecule has 5 heteroatoms. The highest BCUT2D eigenvalue weighted by molar-refractivity contribution is 5.34. The summed E-state index contributed by atoms with van der Waals surface area (Å²) in [7, 11) is 1.39. The van der Waals surface area contributed by atoms with E-state index in [-0.39, 0.29) is 18.0 Å². The van der Waals surface area contributed by atoms with Gasteiger partial charge in [0.1, 0.15) is 5.82 Å². The molecular formula is C15H16F2N2O. The number of benzene rings is 2. The van der Waals surface area contributed by atoms with Gasteiger partial charge in [0.05, 0.1) is 13.2 Å². The summed E-state index contributed by atoms with van der Waals surface area (Å²) < 4.78 is 32.8. The predicted octanol–water partition coefficient (Wildman–Crippen LogP) is 2.72. The normalized spacial score (nSPS) is 12.2. The molecule has 0 amide bonds. The lowest BCUT2D eigenvalue weighted by atomic mass is 9.98. The third-order valence-corrected chi connectivity index (χ3v) is 3.17. The van der Waals surface area contributed by atoms with Crippen LogP contribution in [0.15, 0.2) is 42.5 Å². The van der Waals surface area contributed by atoms with Crippen LogP contribution in [0.2, 0.25) is 0 Å². The second kappa shape index (κ2) is 6.45. The molecule has 0 fully saturated rings. The predicted molar refractivity (Wildman–Crippen MR) is 73.1 cm³/mol. The number of nitrogens with one attached hydrogen (secondary N) is 1. The number of ether oxygens (including phenoxy) is 1. The van der Waals surface area contributed by atoms with E-state index in [0.717, 1.165) is 0 Å². The van der Waals surface area contributed by atoms with Gasteiger partial charge in [-0.3, -0.25) is 11.3 Å². The van der Waals surface area contributed by atoms with Gasteiger partial charge < -0.3 is 4.74 Å². The molecule has 0 aliphatic heterocycles. The molecule has 20 heavy (non-hydrogen) atoms. The molecule has 0 radical (unpaired) electrons. The van der Waals surface area contributed by atoms with Crippen LogP contribution in [0.3, 0.4) is 0 Å². The van der Waals surface area contributed by atoms with Crippen molar-refractivity contribution in [3.63, 3.8) is 0 Å². The van der Waals surface area contributed by atoms with Gasteiger partial charge in [0.25, 0.3) is 0 Å². The lowest BCUT2D eigenvalue weighted by Crippen LogP contribution is -2.30. The molecule has 0 saturated carbocycles. The van der Waals surface area contributed by atoms with E-state index in [1.165, 1.54) is 19.2 Å². The topological polar surface area (TPSA) is 47.3 Å². The van der Waals surface area contributed by atoms with Crippen molar-refractivity contribution in [2.75, 3.05) is 7.11 Å². The summed E-state index contributed by atoms with van der Waals surface area (Å²) in [5.74, 6) is 4.79. The van der Waals surface area contributed by atoms with Crippen LogP contribution >= 0.6 is 0 Å². The molecular weight excluding hydrogens is 262 g/mol. The Morgan fingerprint density at radius 3 is 2.55 bits per heavy atom. The molecule has 0 aliphatic rings. The molecule has 3 nitrogen and oxygen atoms in total. The Balaban J connectivity index is 2.32. The first-order valence-corrected chi connectivity index (χ1v) is 6.19. The monoisotopic (exact) mass is 278 g/mol. The fourth-order valence-corrected chi connectivity index (χ4v) is 2.10. The molecule has 0 spiro atoms. The molecule has 1 atom stereocenters. The molecule has 0 aromatic heterocycles. The van der Waals surface area contributed by atoms with Crippen molar-refractivity contribution < 1.29 is 13.5 Å². The van der Waals surface area contributed by atoms with Gasteiger partial charge in [0.15, 0.2) is 11.6 Å². The van der Waals surface area contributed by atoms with E-state index in [2.05, 4.69) is 5.43 Å². The third kappa shape index (κ3) is 2.95. The number of halogens is 2. The van der Waals surface area contributed by atoms with Crippen molar-refractivity contribution in [1.29, 1.82) is 0 Å². The van der Waals surface area contributed by atoms with Crippen LogP contribution in [0.1, 0.15) is 17.2 Å². The Morgan fingerprint density at radius 2 is 1.90 bits per heavy atom. The molecule has 2 rings (SSSR count). The zero-order chi connectivity index (χ0) is 14.5. The number of rotatable bonds is 5. The largest absolute Gasteiger partial charge is 0.494 e. The summed E-state index contributed by atoms with van der Waals surface area (Å²) in [6.07, 6.45) is 0.243. The van der Waals surface area contributed by atoms with Gasteiger partial charge in [-0.1, -0.05) is 30.3 Å². The fourth-order valence-electron chi connectivity index (χ4n) is 2.10. The molecule has 2 aromatic carbocycles. The van der Waals surface area contributed by atoms with E-state index in [1.807, 2.05) is 0 Å². The van der Waals surface area contributed by atoms with Gasteiger partial charge in [-0.05, 0) is 24.1 Å². The van der Waals surface area contributed by atoms with Crippen LogP contribution in [0.5, 0.6) is 5.75 Å². The zero-order valence-electron chi connectivity index (χ0n) is 11.1. The molecule has 0 saturated heterocycles. The number of nitrogens with two attached hydrogens (primary N) is 1. The summed E-state index contributed by atoms with van der Waals surface area (Å²) in [6.45, 7) is 0. The maximum Gasteiger partial charge on any atom is 0.169 e. The molecule has 0 bridgehead atoms. The van der Waals surface area contributed by atoms with E-state index >= 15 is 0 Å². The molecule has 106 valence electrons. The lowest BCUT2D eigenvalue weighted by molar-refractivity contribution is 0.379. The minimum absolute atomic E-state index is 0.135. The first-order valence-electron chi connectivity index (χ1n) is 6.19. The highest BCUT2D eigenvalue weighted by atomic mass is 19.1. The average molecular weight is 278 g/mol. The minimum atomic E-state index is -0.540. The van der Waals surface area contributed by atoms with E-state index < -0.39 is 11.9 Å². The van der Waals surface area contributed by atoms with Crippen molar-refractivity contribution in [1.82, 2.24) is 5.43 Å². The Bertz CT molecular complexity index is 590. The SMILES string of the molecule is COc1cccc(C(Cc2ccccc2F)NN)c1F. The molecule has 3 N–H and O–H groups in total. The first kappa shape index (κ1) is 14.4. The smallest absolute Gasteiger partial charge is 0.169 e. The van der Waals surface area contributed by atoms with Crippen LogP contribution in [0.25, 0.3) is 0 Å². The third-order valence-electron chi connectivity index (χ3n) is 3.17. The van der Waals surface area contributed by atoms with E-state index in [4.69, 9.17) is 10.6 Å². The average Bonchev–Trinajstić information content (AvgIpc) is 2.47. The summed E-state index contributed by atoms with van der Waals surface area (Å²) in [5.41, 5.74) is 3.34. The van der Waals surface area contributed by atoms with Gasteiger partial charge in [-0.15, -0.1) is 0 Å². The van der Waals surface area contributed by atoms with Crippen molar-refractivity contribution in [2.45, 2.75) is 12.5 Å². The second-order valence-corrected chi connectivity index (χ2v) is 4.38. The molecule has 0 aliphatic carbocycles. The van der Waals surface area contributed by atoms with E-state index in [1.54, 1.807) is 30.3 Å². The Kier molecular flexibility index (Phi) is 4.65. The number of hydrogen-bond donors (Lipinski definition) is 2. The summed E-state index contributed by atoms with van der Waals surface area (Å²) >= 11 is 0. The van der Waals surface area contributed by atoms with Gasteiger partial charge in [0.2, 0.25) is 0 Å². The van der Waals surface area contributed by atoms with Crippen LogP contribution in [0.4, 0.5) is 8.78 Å². The Labute approximate surface area is 116 Å². The van der Waals surface area contributed by atoms with Crippen LogP contribution < -0.4 is 16.0 Å². The van der Waals surface area contributed by atoms with Crippen LogP contribution in [-0.2, 0) is 6.42 Å². The number of hydrazine groups is 1. The van der Waals surface area contributed by atoms with Gasteiger partial charge in [0, 0.05) is 5.56 Å². The quantitative estimate of drug-likeness (QED) is 0.653. The Hall–Kier alpha value is -1.98. The van der Waals surface area contributed by atoms with Gasteiger partial charge in [-0.2, -0.15) is 0 Å². The van der Waals surface area contributed by atoms with Crippen molar-refractivity contribution in [2.24, 2.45) is 5.84 Å². The van der Waals surface area contributed by atoms with Crippen molar-refractivity contribution in [3.8, 4) is 5.75 Å². The van der Waals surface area contributed by atoms with Gasteiger partial charge in [-0.25, -0.2) is 8.78 Å². The summed E-state index contributed by atoms with van der Waals surface area (Å²) in [4.78, 5) is 0. The van der Waals surface area contributed by atoms with Gasteiger partial charge >= 0.3 is 0 Å². The molecule has 1 unspecified atom stereocenters. The van der Waals surface area contributed by atoms with Crippen molar-refractivity contribution in [3.05, 3.63) is 65.2 Å². The maximum absolute atomic E-state index is 14.2. The van der Waals surface area contributed by atoms with E-state index in [0.29, 0.717) is 11.1 Å². The fraction of sp³-hybridized carbons (Fsp3) is 0.200. The van der Waals surface area contributed by atoms with Crippen LogP contribution in [-0.4, -0.2) is 7.11 Å². The zero-order valence-corrected chi connectivity index (χ0v) is 11.1. The highest BCUT2D eigenvalue weighted by Gasteiger charge is 2.19. The minimum Gasteiger partial charge on any atom is -0.494 e. The standard InChI is InChI=1S/C15H16F2N2O/c1-20-14-8-4-6-11(15(14)17)13(19-18)9-10-5-2-3-7-12(10)16/h2-8,13,19H,9,18H2,1H3. The lowest BCUT2D eigenvalue weighted by Gasteiger charge is -2.18. The van der Waals surface area contributed by atoms with Crippen molar-refractivity contribution >= 4 is 0 Å². The number of hydrogen-bond acceptors (Lipinski definition) is 3.